The maximum Gasteiger partial charge on any atom is 0.258 e. The Kier molecular flexibility index (Phi) is 3.35. The van der Waals surface area contributed by atoms with Gasteiger partial charge in [0.25, 0.3) is 5.91 Å². The van der Waals surface area contributed by atoms with Gasteiger partial charge in [0.2, 0.25) is 0 Å². The molecule has 0 fully saturated rings. The van der Waals surface area contributed by atoms with Gasteiger partial charge < -0.3 is 5.32 Å². The van der Waals surface area contributed by atoms with Crippen LogP contribution in [0.4, 0.5) is 5.69 Å². The fourth-order valence-electron chi connectivity index (χ4n) is 2.07. The highest BCUT2D eigenvalue weighted by molar-refractivity contribution is 6.34. The fourth-order valence-corrected chi connectivity index (χ4v) is 2.26. The van der Waals surface area contributed by atoms with Crippen LogP contribution in [-0.2, 0) is 0 Å². The van der Waals surface area contributed by atoms with Crippen LogP contribution < -0.4 is 5.32 Å². The van der Waals surface area contributed by atoms with Crippen LogP contribution in [-0.4, -0.2) is 10.9 Å². The van der Waals surface area contributed by atoms with Crippen LogP contribution in [0.3, 0.4) is 0 Å². The second kappa shape index (κ2) is 5.31. The first kappa shape index (κ1) is 12.6. The van der Waals surface area contributed by atoms with Crippen molar-refractivity contribution in [3.8, 4) is 0 Å². The molecule has 0 aliphatic rings. The first-order chi connectivity index (χ1) is 9.75. The predicted molar refractivity (Wildman–Crippen MR) is 81.1 cm³/mol. The molecule has 0 saturated heterocycles. The Labute approximate surface area is 121 Å². The zero-order valence-electron chi connectivity index (χ0n) is 10.5. The molecule has 0 atom stereocenters. The van der Waals surface area contributed by atoms with E-state index in [-0.39, 0.29) is 5.91 Å². The largest absolute Gasteiger partial charge is 0.321 e. The third-order valence-electron chi connectivity index (χ3n) is 3.05. The van der Waals surface area contributed by atoms with Crippen LogP contribution >= 0.6 is 11.6 Å². The van der Waals surface area contributed by atoms with E-state index >= 15 is 0 Å². The maximum atomic E-state index is 12.2. The van der Waals surface area contributed by atoms with E-state index in [0.29, 0.717) is 10.6 Å². The van der Waals surface area contributed by atoms with E-state index in [4.69, 9.17) is 11.6 Å². The summed E-state index contributed by atoms with van der Waals surface area (Å²) in [7, 11) is 0. The summed E-state index contributed by atoms with van der Waals surface area (Å²) in [4.78, 5) is 16.2. The molecule has 3 rings (SSSR count). The van der Waals surface area contributed by atoms with Gasteiger partial charge in [-0.1, -0.05) is 48.0 Å². The average Bonchev–Trinajstić information content (AvgIpc) is 2.48. The Morgan fingerprint density at radius 2 is 1.85 bits per heavy atom. The van der Waals surface area contributed by atoms with Crippen molar-refractivity contribution < 1.29 is 4.79 Å². The Bertz CT molecular complexity index is 781. The number of amides is 1. The lowest BCUT2D eigenvalue weighted by Gasteiger charge is -2.09. The first-order valence-corrected chi connectivity index (χ1v) is 6.52. The molecule has 0 saturated carbocycles. The van der Waals surface area contributed by atoms with Crippen molar-refractivity contribution in [2.24, 2.45) is 0 Å². The van der Waals surface area contributed by atoms with Gasteiger partial charge in [0, 0.05) is 23.5 Å². The molecule has 0 bridgehead atoms. The number of carbonyl (C=O) groups excluding carboxylic acids is 1. The number of hydrogen-bond acceptors (Lipinski definition) is 2. The van der Waals surface area contributed by atoms with Gasteiger partial charge in [-0.15, -0.1) is 0 Å². The number of rotatable bonds is 2. The first-order valence-electron chi connectivity index (χ1n) is 6.14. The Morgan fingerprint density at radius 1 is 1.05 bits per heavy atom. The van der Waals surface area contributed by atoms with Crippen molar-refractivity contribution in [3.63, 3.8) is 0 Å². The number of hydrogen-bond donors (Lipinski definition) is 1. The topological polar surface area (TPSA) is 42.0 Å². The zero-order valence-corrected chi connectivity index (χ0v) is 11.3. The number of anilines is 1. The molecule has 98 valence electrons. The smallest absolute Gasteiger partial charge is 0.258 e. The summed E-state index contributed by atoms with van der Waals surface area (Å²) >= 11 is 6.00. The van der Waals surface area contributed by atoms with E-state index in [2.05, 4.69) is 10.3 Å². The predicted octanol–water partition coefficient (Wildman–Crippen LogP) is 4.14. The zero-order chi connectivity index (χ0) is 13.9. The molecular formula is C16H11ClN2O. The number of aromatic nitrogens is 1. The number of fused-ring (bicyclic) bond motifs is 1. The summed E-state index contributed by atoms with van der Waals surface area (Å²) < 4.78 is 0. The van der Waals surface area contributed by atoms with Gasteiger partial charge in [0.05, 0.1) is 10.6 Å². The van der Waals surface area contributed by atoms with Crippen molar-refractivity contribution in [3.05, 3.63) is 71.5 Å². The molecule has 0 spiro atoms. The van der Waals surface area contributed by atoms with Gasteiger partial charge in [0.15, 0.2) is 0 Å². The summed E-state index contributed by atoms with van der Waals surface area (Å²) in [6.07, 6.45) is 3.01. The molecule has 20 heavy (non-hydrogen) atoms. The molecule has 1 aromatic heterocycles. The van der Waals surface area contributed by atoms with Gasteiger partial charge in [-0.3, -0.25) is 9.78 Å². The van der Waals surface area contributed by atoms with Crippen molar-refractivity contribution in [1.29, 1.82) is 0 Å². The van der Waals surface area contributed by atoms with Crippen LogP contribution in [0.1, 0.15) is 10.4 Å². The van der Waals surface area contributed by atoms with E-state index in [1.807, 2.05) is 42.5 Å². The Hall–Kier alpha value is -2.39. The minimum Gasteiger partial charge on any atom is -0.321 e. The highest BCUT2D eigenvalue weighted by atomic mass is 35.5. The number of nitrogens with zero attached hydrogens (tertiary/aromatic N) is 1. The van der Waals surface area contributed by atoms with E-state index in [0.717, 1.165) is 16.5 Å². The molecule has 2 aromatic carbocycles. The summed E-state index contributed by atoms with van der Waals surface area (Å²) in [5, 5.41) is 5.33. The Morgan fingerprint density at radius 3 is 2.70 bits per heavy atom. The number of benzene rings is 2. The molecule has 1 N–H and O–H groups in total. The van der Waals surface area contributed by atoms with Gasteiger partial charge in [-0.2, -0.15) is 0 Å². The third-order valence-corrected chi connectivity index (χ3v) is 3.38. The molecular weight excluding hydrogens is 272 g/mol. The van der Waals surface area contributed by atoms with Crippen molar-refractivity contribution in [2.45, 2.75) is 0 Å². The monoisotopic (exact) mass is 282 g/mol. The molecule has 0 radical (unpaired) electrons. The molecule has 3 aromatic rings. The number of nitrogens with one attached hydrogen (secondary N) is 1. The van der Waals surface area contributed by atoms with Crippen LogP contribution in [0, 0.1) is 0 Å². The van der Waals surface area contributed by atoms with E-state index < -0.39 is 0 Å². The van der Waals surface area contributed by atoms with Crippen LogP contribution in [0.5, 0.6) is 0 Å². The minimum atomic E-state index is -0.264. The number of halogens is 1. The molecule has 1 amide bonds. The number of pyridine rings is 1. The van der Waals surface area contributed by atoms with Gasteiger partial charge in [-0.25, -0.2) is 0 Å². The highest BCUT2D eigenvalue weighted by Crippen LogP contribution is 2.24. The standard InChI is InChI=1S/C16H11ClN2O/c17-14-8-9-18-10-13(14)16(20)19-15-7-3-5-11-4-1-2-6-12(11)15/h1-10H,(H,19,20). The lowest BCUT2D eigenvalue weighted by molar-refractivity contribution is 0.102. The molecule has 1 heterocycles. The quantitative estimate of drug-likeness (QED) is 0.767. The fraction of sp³-hybridized carbons (Fsp3) is 0. The SMILES string of the molecule is O=C(Nc1cccc2ccccc12)c1cnccc1Cl. The summed E-state index contributed by atoms with van der Waals surface area (Å²) in [5.74, 6) is -0.264. The van der Waals surface area contributed by atoms with Crippen molar-refractivity contribution >= 4 is 34.0 Å². The maximum absolute atomic E-state index is 12.2. The highest BCUT2D eigenvalue weighted by Gasteiger charge is 2.11. The second-order valence-corrected chi connectivity index (χ2v) is 4.74. The van der Waals surface area contributed by atoms with Crippen LogP contribution in [0.2, 0.25) is 5.02 Å². The molecule has 4 heteroatoms. The van der Waals surface area contributed by atoms with E-state index in [1.54, 1.807) is 12.3 Å². The van der Waals surface area contributed by atoms with Crippen LogP contribution in [0.25, 0.3) is 10.8 Å². The van der Waals surface area contributed by atoms with E-state index in [9.17, 15) is 4.79 Å². The molecule has 0 aliphatic heterocycles. The summed E-state index contributed by atoms with van der Waals surface area (Å²) in [5.41, 5.74) is 1.12. The van der Waals surface area contributed by atoms with E-state index in [1.165, 1.54) is 6.20 Å². The number of carbonyl (C=O) groups is 1. The third kappa shape index (κ3) is 2.36. The summed E-state index contributed by atoms with van der Waals surface area (Å²) in [6.45, 7) is 0. The molecule has 0 aliphatic carbocycles. The van der Waals surface area contributed by atoms with Crippen LogP contribution in [0.15, 0.2) is 60.9 Å². The second-order valence-electron chi connectivity index (χ2n) is 4.34. The lowest BCUT2D eigenvalue weighted by Crippen LogP contribution is -2.13. The van der Waals surface area contributed by atoms with Gasteiger partial charge in [-0.05, 0) is 17.5 Å². The Balaban J connectivity index is 1.98. The minimum absolute atomic E-state index is 0.264. The van der Waals surface area contributed by atoms with Crippen molar-refractivity contribution in [1.82, 2.24) is 4.98 Å². The van der Waals surface area contributed by atoms with Gasteiger partial charge in [0.1, 0.15) is 0 Å². The molecule has 0 unspecified atom stereocenters. The molecule has 3 nitrogen and oxygen atoms in total. The van der Waals surface area contributed by atoms with Gasteiger partial charge >= 0.3 is 0 Å². The normalized spacial score (nSPS) is 10.4. The average molecular weight is 283 g/mol. The van der Waals surface area contributed by atoms with Crippen molar-refractivity contribution in [2.75, 3.05) is 5.32 Å². The lowest BCUT2D eigenvalue weighted by atomic mass is 10.1. The summed E-state index contributed by atoms with van der Waals surface area (Å²) in [6, 6.07) is 15.2.